The van der Waals surface area contributed by atoms with Crippen molar-refractivity contribution in [2.45, 2.75) is 51.6 Å². The summed E-state index contributed by atoms with van der Waals surface area (Å²) >= 11 is 6.50. The van der Waals surface area contributed by atoms with Crippen molar-refractivity contribution in [1.82, 2.24) is 9.80 Å². The predicted molar refractivity (Wildman–Crippen MR) is 80.6 cm³/mol. The first-order valence-corrected chi connectivity index (χ1v) is 7.46. The van der Waals surface area contributed by atoms with E-state index < -0.39 is 0 Å². The van der Waals surface area contributed by atoms with Crippen LogP contribution in [0.15, 0.2) is 23.4 Å². The standard InChI is InChI=1S/C15H27ClN2/c1-5-7-8-9-12-18-13-10-11-14(16)15(18,6-2)17(3)4/h10-11,13H,5-9,12H2,1-4H3. The number of halogens is 1. The van der Waals surface area contributed by atoms with Crippen molar-refractivity contribution in [1.29, 1.82) is 0 Å². The number of allylic oxidation sites excluding steroid dienone is 2. The first-order valence-electron chi connectivity index (χ1n) is 7.08. The van der Waals surface area contributed by atoms with Gasteiger partial charge < -0.3 is 4.90 Å². The van der Waals surface area contributed by atoms with Gasteiger partial charge >= 0.3 is 0 Å². The van der Waals surface area contributed by atoms with Crippen LogP contribution in [0.4, 0.5) is 0 Å². The molecule has 0 aromatic rings. The van der Waals surface area contributed by atoms with Gasteiger partial charge in [0, 0.05) is 12.7 Å². The number of unbranched alkanes of at least 4 members (excludes halogenated alkanes) is 3. The minimum Gasteiger partial charge on any atom is -0.355 e. The van der Waals surface area contributed by atoms with Gasteiger partial charge in [0.15, 0.2) is 0 Å². The van der Waals surface area contributed by atoms with Crippen molar-refractivity contribution in [3.8, 4) is 0 Å². The highest BCUT2D eigenvalue weighted by Crippen LogP contribution is 2.36. The summed E-state index contributed by atoms with van der Waals surface area (Å²) in [6, 6.07) is 0. The molecule has 0 N–H and O–H groups in total. The van der Waals surface area contributed by atoms with Gasteiger partial charge in [0.2, 0.25) is 0 Å². The summed E-state index contributed by atoms with van der Waals surface area (Å²) in [7, 11) is 4.22. The number of hydrogen-bond donors (Lipinski definition) is 0. The van der Waals surface area contributed by atoms with E-state index in [0.29, 0.717) is 0 Å². The third-order valence-corrected chi connectivity index (χ3v) is 4.28. The summed E-state index contributed by atoms with van der Waals surface area (Å²) in [5.74, 6) is 0. The van der Waals surface area contributed by atoms with Crippen molar-refractivity contribution in [2.75, 3.05) is 20.6 Å². The summed E-state index contributed by atoms with van der Waals surface area (Å²) < 4.78 is 0. The van der Waals surface area contributed by atoms with E-state index in [0.717, 1.165) is 18.0 Å². The van der Waals surface area contributed by atoms with Gasteiger partial charge in [-0.15, -0.1) is 0 Å². The molecule has 1 rings (SSSR count). The topological polar surface area (TPSA) is 6.48 Å². The zero-order valence-electron chi connectivity index (χ0n) is 12.2. The van der Waals surface area contributed by atoms with E-state index in [-0.39, 0.29) is 5.66 Å². The molecule has 2 nitrogen and oxygen atoms in total. The van der Waals surface area contributed by atoms with Crippen LogP contribution in [0, 0.1) is 0 Å². The van der Waals surface area contributed by atoms with Gasteiger partial charge in [-0.25, -0.2) is 0 Å². The summed E-state index contributed by atoms with van der Waals surface area (Å²) in [5, 5.41) is 0.924. The van der Waals surface area contributed by atoms with Crippen LogP contribution in [0.3, 0.4) is 0 Å². The highest BCUT2D eigenvalue weighted by Gasteiger charge is 2.39. The summed E-state index contributed by atoms with van der Waals surface area (Å²) in [6.45, 7) is 5.53. The summed E-state index contributed by atoms with van der Waals surface area (Å²) in [4.78, 5) is 4.63. The Balaban J connectivity index is 2.74. The van der Waals surface area contributed by atoms with Gasteiger partial charge in [-0.2, -0.15) is 0 Å². The van der Waals surface area contributed by atoms with Gasteiger partial charge in [0.05, 0.1) is 5.03 Å². The minimum absolute atomic E-state index is 0.150. The molecule has 1 heterocycles. The van der Waals surface area contributed by atoms with Gasteiger partial charge in [-0.05, 0) is 39.1 Å². The number of likely N-dealkylation sites (N-methyl/N-ethyl adjacent to an activating group) is 1. The Morgan fingerprint density at radius 1 is 1.22 bits per heavy atom. The Bertz CT molecular complexity index is 310. The number of hydrogen-bond acceptors (Lipinski definition) is 2. The van der Waals surface area contributed by atoms with Crippen LogP contribution in [-0.4, -0.2) is 36.1 Å². The smallest absolute Gasteiger partial charge is 0.129 e. The zero-order chi connectivity index (χ0) is 13.6. The number of rotatable bonds is 7. The fraction of sp³-hybridized carbons (Fsp3) is 0.733. The summed E-state index contributed by atoms with van der Waals surface area (Å²) in [6.07, 6.45) is 12.4. The molecular weight excluding hydrogens is 244 g/mol. The third-order valence-electron chi connectivity index (χ3n) is 3.85. The molecule has 1 aliphatic rings. The van der Waals surface area contributed by atoms with Crippen molar-refractivity contribution in [3.63, 3.8) is 0 Å². The quantitative estimate of drug-likeness (QED) is 0.640. The lowest BCUT2D eigenvalue weighted by Crippen LogP contribution is -2.57. The second kappa shape index (κ2) is 7.20. The average Bonchev–Trinajstić information content (AvgIpc) is 2.34. The molecule has 18 heavy (non-hydrogen) atoms. The fourth-order valence-electron chi connectivity index (χ4n) is 2.75. The lowest BCUT2D eigenvalue weighted by molar-refractivity contribution is 0.0354. The molecule has 0 bridgehead atoms. The van der Waals surface area contributed by atoms with E-state index in [1.807, 2.05) is 6.08 Å². The minimum atomic E-state index is -0.150. The molecule has 0 aromatic heterocycles. The van der Waals surface area contributed by atoms with Crippen molar-refractivity contribution < 1.29 is 0 Å². The van der Waals surface area contributed by atoms with E-state index in [1.165, 1.54) is 25.7 Å². The molecule has 1 aliphatic heterocycles. The fourth-order valence-corrected chi connectivity index (χ4v) is 3.24. The Morgan fingerprint density at radius 2 is 1.94 bits per heavy atom. The van der Waals surface area contributed by atoms with Crippen LogP contribution >= 0.6 is 11.6 Å². The Morgan fingerprint density at radius 3 is 2.50 bits per heavy atom. The largest absolute Gasteiger partial charge is 0.355 e. The van der Waals surface area contributed by atoms with E-state index in [2.05, 4.69) is 50.0 Å². The van der Waals surface area contributed by atoms with Crippen molar-refractivity contribution in [2.24, 2.45) is 0 Å². The van der Waals surface area contributed by atoms with Crippen LogP contribution in [0.1, 0.15) is 46.0 Å². The van der Waals surface area contributed by atoms with Gasteiger partial charge in [0.25, 0.3) is 0 Å². The van der Waals surface area contributed by atoms with Crippen LogP contribution in [-0.2, 0) is 0 Å². The predicted octanol–water partition coefficient (Wildman–Crippen LogP) is 4.19. The normalized spacial score (nSPS) is 23.7. The molecular formula is C15H27ClN2. The molecule has 0 saturated heterocycles. The molecule has 104 valence electrons. The summed E-state index contributed by atoms with van der Waals surface area (Å²) in [5.41, 5.74) is -0.150. The maximum absolute atomic E-state index is 6.50. The molecule has 0 amide bonds. The van der Waals surface area contributed by atoms with Crippen LogP contribution in [0.25, 0.3) is 0 Å². The molecule has 0 radical (unpaired) electrons. The monoisotopic (exact) mass is 270 g/mol. The molecule has 0 aromatic carbocycles. The van der Waals surface area contributed by atoms with Gasteiger partial charge in [0.1, 0.15) is 5.66 Å². The van der Waals surface area contributed by atoms with E-state index >= 15 is 0 Å². The maximum Gasteiger partial charge on any atom is 0.129 e. The van der Waals surface area contributed by atoms with Crippen molar-refractivity contribution >= 4 is 11.6 Å². The molecule has 0 saturated carbocycles. The molecule has 0 spiro atoms. The highest BCUT2D eigenvalue weighted by molar-refractivity contribution is 6.31. The molecule has 1 atom stereocenters. The van der Waals surface area contributed by atoms with Crippen LogP contribution in [0.2, 0.25) is 0 Å². The first kappa shape index (κ1) is 15.6. The molecule has 3 heteroatoms. The Labute approximate surface area is 117 Å². The van der Waals surface area contributed by atoms with Crippen LogP contribution < -0.4 is 0 Å². The van der Waals surface area contributed by atoms with Crippen LogP contribution in [0.5, 0.6) is 0 Å². The lowest BCUT2D eigenvalue weighted by atomic mass is 9.99. The first-order chi connectivity index (χ1) is 8.59. The second-order valence-electron chi connectivity index (χ2n) is 5.17. The number of nitrogens with zero attached hydrogens (tertiary/aromatic N) is 2. The molecule has 1 unspecified atom stereocenters. The zero-order valence-corrected chi connectivity index (χ0v) is 13.0. The van der Waals surface area contributed by atoms with Crippen molar-refractivity contribution in [3.05, 3.63) is 23.4 Å². The highest BCUT2D eigenvalue weighted by atomic mass is 35.5. The second-order valence-corrected chi connectivity index (χ2v) is 5.58. The average molecular weight is 271 g/mol. The van der Waals surface area contributed by atoms with Gasteiger partial charge in [-0.1, -0.05) is 44.7 Å². The Hall–Kier alpha value is -0.470. The van der Waals surface area contributed by atoms with E-state index in [9.17, 15) is 0 Å². The molecule has 0 fully saturated rings. The van der Waals surface area contributed by atoms with Gasteiger partial charge in [-0.3, -0.25) is 4.90 Å². The molecule has 0 aliphatic carbocycles. The van der Waals surface area contributed by atoms with E-state index in [1.54, 1.807) is 0 Å². The Kier molecular flexibility index (Phi) is 6.24. The maximum atomic E-state index is 6.50. The lowest BCUT2D eigenvalue weighted by Gasteiger charge is -2.49. The third kappa shape index (κ3) is 3.10. The SMILES string of the molecule is CCCCCCN1C=CC=C(Cl)C1(CC)N(C)C. The van der Waals surface area contributed by atoms with E-state index in [4.69, 9.17) is 11.6 Å².